The summed E-state index contributed by atoms with van der Waals surface area (Å²) in [5, 5.41) is 7.63. The van der Waals surface area contributed by atoms with Crippen molar-refractivity contribution in [2.24, 2.45) is 0 Å². The molecule has 0 spiro atoms. The van der Waals surface area contributed by atoms with Gasteiger partial charge in [0.1, 0.15) is 0 Å². The zero-order chi connectivity index (χ0) is 13.7. The van der Waals surface area contributed by atoms with E-state index in [1.807, 2.05) is 25.1 Å². The summed E-state index contributed by atoms with van der Waals surface area (Å²) >= 11 is 1.09. The Bertz CT molecular complexity index is 618. The van der Waals surface area contributed by atoms with Crippen LogP contribution in [0.2, 0.25) is 0 Å². The Labute approximate surface area is 114 Å². The molecule has 6 heteroatoms. The molecule has 1 amide bonds. The number of H-pyrrole nitrogens is 1. The average molecular weight is 277 g/mol. The standard InChI is InChI=1S/C13H15N3O2S/c1-2-14-11-6-4-3-5-10(11)12(17)15-7-9-8-19-13(18)16-9/h3-6,8,14H,2,7H2,1H3,(H,15,17)(H,16,18). The first-order chi connectivity index (χ1) is 9.20. The van der Waals surface area contributed by atoms with Crippen LogP contribution in [0.15, 0.2) is 34.4 Å². The minimum absolute atomic E-state index is 0.114. The second-order valence-corrected chi connectivity index (χ2v) is 4.77. The predicted molar refractivity (Wildman–Crippen MR) is 76.7 cm³/mol. The van der Waals surface area contributed by atoms with Gasteiger partial charge in [0.15, 0.2) is 0 Å². The highest BCUT2D eigenvalue weighted by molar-refractivity contribution is 7.07. The van der Waals surface area contributed by atoms with Crippen molar-refractivity contribution < 1.29 is 4.79 Å². The van der Waals surface area contributed by atoms with Gasteiger partial charge in [0, 0.05) is 23.3 Å². The van der Waals surface area contributed by atoms with E-state index >= 15 is 0 Å². The number of thiazole rings is 1. The van der Waals surface area contributed by atoms with Crippen molar-refractivity contribution in [1.29, 1.82) is 0 Å². The van der Waals surface area contributed by atoms with Crippen molar-refractivity contribution in [3.63, 3.8) is 0 Å². The lowest BCUT2D eigenvalue weighted by Gasteiger charge is -2.10. The van der Waals surface area contributed by atoms with Crippen LogP contribution >= 0.6 is 11.3 Å². The van der Waals surface area contributed by atoms with E-state index in [2.05, 4.69) is 15.6 Å². The van der Waals surface area contributed by atoms with E-state index in [1.54, 1.807) is 11.4 Å². The molecular weight excluding hydrogens is 262 g/mol. The third kappa shape index (κ3) is 3.45. The molecule has 0 radical (unpaired) electrons. The lowest BCUT2D eigenvalue weighted by atomic mass is 10.1. The van der Waals surface area contributed by atoms with Gasteiger partial charge in [-0.15, -0.1) is 0 Å². The Balaban J connectivity index is 2.05. The van der Waals surface area contributed by atoms with Crippen molar-refractivity contribution >= 4 is 22.9 Å². The molecule has 2 aromatic rings. The van der Waals surface area contributed by atoms with Gasteiger partial charge in [0.2, 0.25) is 0 Å². The van der Waals surface area contributed by atoms with Crippen LogP contribution in [-0.4, -0.2) is 17.4 Å². The molecular formula is C13H15N3O2S. The topological polar surface area (TPSA) is 74.0 Å². The summed E-state index contributed by atoms with van der Waals surface area (Å²) in [6, 6.07) is 7.34. The number of hydrogen-bond donors (Lipinski definition) is 3. The van der Waals surface area contributed by atoms with Crippen LogP contribution in [0.1, 0.15) is 23.0 Å². The molecule has 0 aliphatic carbocycles. The minimum Gasteiger partial charge on any atom is -0.385 e. The summed E-state index contributed by atoms with van der Waals surface area (Å²) in [5.74, 6) is -0.163. The highest BCUT2D eigenvalue weighted by atomic mass is 32.1. The lowest BCUT2D eigenvalue weighted by Crippen LogP contribution is -2.24. The monoisotopic (exact) mass is 277 g/mol. The van der Waals surface area contributed by atoms with Crippen molar-refractivity contribution in [2.45, 2.75) is 13.5 Å². The molecule has 0 aliphatic heterocycles. The highest BCUT2D eigenvalue weighted by Gasteiger charge is 2.10. The number of benzene rings is 1. The maximum Gasteiger partial charge on any atom is 0.304 e. The quantitative estimate of drug-likeness (QED) is 0.780. The molecule has 0 atom stereocenters. The number of hydrogen-bond acceptors (Lipinski definition) is 4. The van der Waals surface area contributed by atoms with Gasteiger partial charge < -0.3 is 15.6 Å². The number of rotatable bonds is 5. The van der Waals surface area contributed by atoms with Crippen LogP contribution in [0.25, 0.3) is 0 Å². The number of aromatic nitrogens is 1. The summed E-state index contributed by atoms with van der Waals surface area (Å²) in [7, 11) is 0. The SMILES string of the molecule is CCNc1ccccc1C(=O)NCc1csc(=O)[nH]1. The molecule has 2 rings (SSSR count). The van der Waals surface area contributed by atoms with Crippen LogP contribution in [0.4, 0.5) is 5.69 Å². The van der Waals surface area contributed by atoms with E-state index in [0.29, 0.717) is 17.8 Å². The van der Waals surface area contributed by atoms with Gasteiger partial charge in [-0.25, -0.2) is 0 Å². The molecule has 0 unspecified atom stereocenters. The molecule has 0 fully saturated rings. The van der Waals surface area contributed by atoms with Gasteiger partial charge in [-0.3, -0.25) is 9.59 Å². The molecule has 3 N–H and O–H groups in total. The fourth-order valence-electron chi connectivity index (χ4n) is 1.70. The molecule has 0 saturated carbocycles. The minimum atomic E-state index is -0.163. The third-order valence-electron chi connectivity index (χ3n) is 2.55. The molecule has 5 nitrogen and oxygen atoms in total. The van der Waals surface area contributed by atoms with E-state index in [-0.39, 0.29) is 10.8 Å². The van der Waals surface area contributed by atoms with Crippen LogP contribution in [0.3, 0.4) is 0 Å². The second-order valence-electron chi connectivity index (χ2n) is 3.93. The van der Waals surface area contributed by atoms with Gasteiger partial charge in [-0.2, -0.15) is 0 Å². The first kappa shape index (κ1) is 13.4. The molecule has 19 heavy (non-hydrogen) atoms. The van der Waals surface area contributed by atoms with Crippen molar-refractivity contribution in [3.8, 4) is 0 Å². The summed E-state index contributed by atoms with van der Waals surface area (Å²) in [5.41, 5.74) is 2.12. The number of carbonyl (C=O) groups is 1. The zero-order valence-electron chi connectivity index (χ0n) is 10.5. The van der Waals surface area contributed by atoms with Gasteiger partial charge in [0.25, 0.3) is 5.91 Å². The normalized spacial score (nSPS) is 10.2. The Morgan fingerprint density at radius 3 is 2.84 bits per heavy atom. The van der Waals surface area contributed by atoms with E-state index in [0.717, 1.165) is 23.6 Å². The van der Waals surface area contributed by atoms with Crippen molar-refractivity contribution in [3.05, 3.63) is 50.6 Å². The predicted octanol–water partition coefficient (Wildman–Crippen LogP) is 1.80. The van der Waals surface area contributed by atoms with Gasteiger partial charge in [-0.1, -0.05) is 23.5 Å². The van der Waals surface area contributed by atoms with E-state index in [1.165, 1.54) is 0 Å². The fourth-order valence-corrected chi connectivity index (χ4v) is 2.28. The maximum atomic E-state index is 12.1. The Kier molecular flexibility index (Phi) is 4.35. The molecule has 1 aromatic heterocycles. The maximum absolute atomic E-state index is 12.1. The molecule has 0 bridgehead atoms. The number of amides is 1. The van der Waals surface area contributed by atoms with Crippen LogP contribution < -0.4 is 15.5 Å². The summed E-state index contributed by atoms with van der Waals surface area (Å²) in [4.78, 5) is 25.6. The number of carbonyl (C=O) groups excluding carboxylic acids is 1. The third-order valence-corrected chi connectivity index (χ3v) is 3.27. The first-order valence-corrected chi connectivity index (χ1v) is 6.86. The Morgan fingerprint density at radius 2 is 2.16 bits per heavy atom. The van der Waals surface area contributed by atoms with Crippen LogP contribution in [0.5, 0.6) is 0 Å². The Morgan fingerprint density at radius 1 is 1.37 bits per heavy atom. The van der Waals surface area contributed by atoms with Crippen LogP contribution in [-0.2, 0) is 6.54 Å². The van der Waals surface area contributed by atoms with E-state index in [9.17, 15) is 9.59 Å². The lowest BCUT2D eigenvalue weighted by molar-refractivity contribution is 0.0951. The highest BCUT2D eigenvalue weighted by Crippen LogP contribution is 2.14. The second kappa shape index (κ2) is 6.19. The molecule has 0 aliphatic rings. The number of aromatic amines is 1. The van der Waals surface area contributed by atoms with E-state index < -0.39 is 0 Å². The average Bonchev–Trinajstić information content (AvgIpc) is 2.83. The first-order valence-electron chi connectivity index (χ1n) is 5.98. The number of para-hydroxylation sites is 1. The van der Waals surface area contributed by atoms with Gasteiger partial charge in [0.05, 0.1) is 12.1 Å². The number of anilines is 1. The van der Waals surface area contributed by atoms with Crippen molar-refractivity contribution in [2.75, 3.05) is 11.9 Å². The van der Waals surface area contributed by atoms with Gasteiger partial charge in [-0.05, 0) is 19.1 Å². The number of nitrogens with one attached hydrogen (secondary N) is 3. The molecule has 1 heterocycles. The van der Waals surface area contributed by atoms with Crippen molar-refractivity contribution in [1.82, 2.24) is 10.3 Å². The largest absolute Gasteiger partial charge is 0.385 e. The molecule has 0 saturated heterocycles. The Hall–Kier alpha value is -2.08. The molecule has 1 aromatic carbocycles. The summed E-state index contributed by atoms with van der Waals surface area (Å²) in [6.07, 6.45) is 0. The van der Waals surface area contributed by atoms with Gasteiger partial charge >= 0.3 is 4.87 Å². The van der Waals surface area contributed by atoms with E-state index in [4.69, 9.17) is 0 Å². The zero-order valence-corrected chi connectivity index (χ0v) is 11.3. The molecule has 100 valence electrons. The summed E-state index contributed by atoms with van der Waals surface area (Å²) < 4.78 is 0. The fraction of sp³-hybridized carbons (Fsp3) is 0.231. The summed E-state index contributed by atoms with van der Waals surface area (Å²) in [6.45, 7) is 3.05. The smallest absolute Gasteiger partial charge is 0.304 e. The van der Waals surface area contributed by atoms with Crippen LogP contribution in [0, 0.1) is 0 Å².